The van der Waals surface area contributed by atoms with Crippen molar-refractivity contribution in [3.05, 3.63) is 64.6 Å². The van der Waals surface area contributed by atoms with Crippen LogP contribution in [0.2, 0.25) is 0 Å². The molecule has 1 atom stereocenters. The zero-order valence-corrected chi connectivity index (χ0v) is 17.1. The fourth-order valence-electron chi connectivity index (χ4n) is 4.44. The first-order valence-corrected chi connectivity index (χ1v) is 10.7. The van der Waals surface area contributed by atoms with E-state index in [0.717, 1.165) is 35.0 Å². The Morgan fingerprint density at radius 1 is 1.29 bits per heavy atom. The molecule has 0 spiro atoms. The van der Waals surface area contributed by atoms with Crippen molar-refractivity contribution in [3.8, 4) is 0 Å². The third-order valence-electron chi connectivity index (χ3n) is 5.93. The molecular formula is C24H31N3O. The van der Waals surface area contributed by atoms with Gasteiger partial charge in [-0.15, -0.1) is 0 Å². The maximum absolute atomic E-state index is 5.57. The number of aromatic nitrogens is 2. The molecule has 4 rings (SSSR count). The summed E-state index contributed by atoms with van der Waals surface area (Å²) in [4.78, 5) is 11.6. The Balaban J connectivity index is 1.54. The highest BCUT2D eigenvalue weighted by Crippen LogP contribution is 2.36. The normalized spacial score (nSPS) is 20.2. The molecule has 0 aromatic carbocycles. The fraction of sp³-hybridized carbons (Fsp3) is 0.458. The Morgan fingerprint density at radius 2 is 2.21 bits per heavy atom. The second-order valence-electron chi connectivity index (χ2n) is 7.92. The molecule has 1 unspecified atom stereocenters. The summed E-state index contributed by atoms with van der Waals surface area (Å²) in [7, 11) is 1.71. The number of fused-ring (bicyclic) bond motifs is 1. The van der Waals surface area contributed by atoms with E-state index in [1.165, 1.54) is 56.2 Å². The van der Waals surface area contributed by atoms with Crippen LogP contribution in [0.15, 0.2) is 46.9 Å². The molecule has 2 aliphatic rings. The quantitative estimate of drug-likeness (QED) is 0.536. The third-order valence-corrected chi connectivity index (χ3v) is 5.93. The van der Waals surface area contributed by atoms with E-state index in [1.54, 1.807) is 7.11 Å². The summed E-state index contributed by atoms with van der Waals surface area (Å²) in [5, 5.41) is 0. The van der Waals surface area contributed by atoms with E-state index in [0.29, 0.717) is 5.92 Å². The van der Waals surface area contributed by atoms with Crippen LogP contribution in [0.25, 0.3) is 6.08 Å². The zero-order valence-electron chi connectivity index (χ0n) is 17.1. The summed E-state index contributed by atoms with van der Waals surface area (Å²) in [6.45, 7) is 2.28. The van der Waals surface area contributed by atoms with Crippen LogP contribution in [-0.2, 0) is 11.2 Å². The minimum Gasteiger partial charge on any atom is -0.494 e. The number of aromatic amines is 2. The van der Waals surface area contributed by atoms with Crippen molar-refractivity contribution >= 4 is 11.8 Å². The molecule has 3 heterocycles. The number of unbranched alkanes of at least 4 members (excludes halogenated alkanes) is 3. The number of H-pyrrole nitrogens is 2. The second-order valence-corrected chi connectivity index (χ2v) is 7.92. The molecule has 0 radical (unpaired) electrons. The Morgan fingerprint density at radius 3 is 3.00 bits per heavy atom. The molecule has 1 aliphatic heterocycles. The van der Waals surface area contributed by atoms with Gasteiger partial charge in [-0.25, -0.2) is 4.99 Å². The molecule has 148 valence electrons. The number of allylic oxidation sites excluding steroid dienone is 1. The molecular weight excluding hydrogens is 346 g/mol. The van der Waals surface area contributed by atoms with E-state index in [2.05, 4.69) is 29.0 Å². The van der Waals surface area contributed by atoms with Gasteiger partial charge in [0.2, 0.25) is 0 Å². The summed E-state index contributed by atoms with van der Waals surface area (Å²) in [5.74, 6) is 1.52. The number of hydrogen-bond donors (Lipinski definition) is 2. The van der Waals surface area contributed by atoms with Gasteiger partial charge in [0.05, 0.1) is 18.5 Å². The predicted octanol–water partition coefficient (Wildman–Crippen LogP) is 6.11. The van der Waals surface area contributed by atoms with Crippen molar-refractivity contribution in [2.24, 2.45) is 4.99 Å². The highest BCUT2D eigenvalue weighted by Gasteiger charge is 2.23. The number of aryl methyl sites for hydroxylation is 1. The summed E-state index contributed by atoms with van der Waals surface area (Å²) in [6, 6.07) is 6.36. The zero-order chi connectivity index (χ0) is 19.3. The van der Waals surface area contributed by atoms with Crippen molar-refractivity contribution in [2.45, 2.75) is 64.2 Å². The van der Waals surface area contributed by atoms with Crippen molar-refractivity contribution in [1.29, 1.82) is 0 Å². The Bertz CT molecular complexity index is 883. The van der Waals surface area contributed by atoms with Crippen LogP contribution < -0.4 is 0 Å². The van der Waals surface area contributed by atoms with Crippen LogP contribution >= 0.6 is 0 Å². The summed E-state index contributed by atoms with van der Waals surface area (Å²) in [5.41, 5.74) is 6.90. The first kappa shape index (κ1) is 18.9. The molecule has 4 nitrogen and oxygen atoms in total. The summed E-state index contributed by atoms with van der Waals surface area (Å²) >= 11 is 0. The van der Waals surface area contributed by atoms with Gasteiger partial charge in [-0.3, -0.25) is 0 Å². The van der Waals surface area contributed by atoms with Gasteiger partial charge in [0, 0.05) is 23.7 Å². The Kier molecular flexibility index (Phi) is 5.84. The van der Waals surface area contributed by atoms with Crippen molar-refractivity contribution in [2.75, 3.05) is 7.11 Å². The number of hydrogen-bond acceptors (Lipinski definition) is 2. The molecule has 0 bridgehead atoms. The van der Waals surface area contributed by atoms with Crippen LogP contribution in [0.1, 0.15) is 80.4 Å². The van der Waals surface area contributed by atoms with Crippen molar-refractivity contribution in [3.63, 3.8) is 0 Å². The smallest absolute Gasteiger partial charge is 0.146 e. The average molecular weight is 378 g/mol. The molecule has 1 aliphatic carbocycles. The van der Waals surface area contributed by atoms with E-state index in [9.17, 15) is 0 Å². The fourth-order valence-corrected chi connectivity index (χ4v) is 4.44. The summed E-state index contributed by atoms with van der Waals surface area (Å²) in [6.07, 6.45) is 16.5. The minimum absolute atomic E-state index is 0.711. The monoisotopic (exact) mass is 377 g/mol. The van der Waals surface area contributed by atoms with Gasteiger partial charge in [-0.1, -0.05) is 32.6 Å². The SMILES string of the molecule is CCCCCCC1CCCc2[nH]c(C=C3N=C(c4ccc[nH]4)C=C3OC)cc21. The number of aliphatic imine (C=N–C) groups is 1. The lowest BCUT2D eigenvalue weighted by Gasteiger charge is -2.22. The number of ether oxygens (including phenoxy) is 1. The van der Waals surface area contributed by atoms with Gasteiger partial charge < -0.3 is 14.7 Å². The van der Waals surface area contributed by atoms with Gasteiger partial charge in [0.25, 0.3) is 0 Å². The van der Waals surface area contributed by atoms with Crippen LogP contribution in [0.3, 0.4) is 0 Å². The lowest BCUT2D eigenvalue weighted by atomic mass is 9.83. The number of nitrogens with zero attached hydrogens (tertiary/aromatic N) is 1. The van der Waals surface area contributed by atoms with Gasteiger partial charge in [0.15, 0.2) is 0 Å². The molecule has 4 heteroatoms. The average Bonchev–Trinajstić information content (AvgIpc) is 3.44. The highest BCUT2D eigenvalue weighted by atomic mass is 16.5. The first-order valence-electron chi connectivity index (χ1n) is 10.7. The second kappa shape index (κ2) is 8.68. The Hall–Kier alpha value is -2.49. The van der Waals surface area contributed by atoms with Gasteiger partial charge in [-0.2, -0.15) is 0 Å². The maximum atomic E-state index is 5.57. The van der Waals surface area contributed by atoms with Crippen LogP contribution in [0.4, 0.5) is 0 Å². The van der Waals surface area contributed by atoms with Gasteiger partial charge in [0.1, 0.15) is 11.5 Å². The topological polar surface area (TPSA) is 53.2 Å². The first-order chi connectivity index (χ1) is 13.8. The van der Waals surface area contributed by atoms with E-state index >= 15 is 0 Å². The molecule has 2 N–H and O–H groups in total. The van der Waals surface area contributed by atoms with Crippen LogP contribution in [0.5, 0.6) is 0 Å². The molecule has 2 aromatic heterocycles. The number of nitrogens with one attached hydrogen (secondary N) is 2. The van der Waals surface area contributed by atoms with E-state index < -0.39 is 0 Å². The largest absolute Gasteiger partial charge is 0.494 e. The van der Waals surface area contributed by atoms with E-state index in [-0.39, 0.29) is 0 Å². The molecule has 0 saturated carbocycles. The summed E-state index contributed by atoms with van der Waals surface area (Å²) < 4.78 is 5.57. The molecule has 2 aromatic rings. The molecule has 0 saturated heterocycles. The predicted molar refractivity (Wildman–Crippen MR) is 116 cm³/mol. The molecule has 0 amide bonds. The standard InChI is InChI=1S/C24H31N3O/c1-3-4-5-6-9-17-10-7-11-20-19(17)14-18(26-20)15-23-24(28-2)16-22(27-23)21-12-8-13-25-21/h8,12-17,25-26H,3-7,9-11H2,1-2H3. The van der Waals surface area contributed by atoms with Crippen LogP contribution in [0, 0.1) is 0 Å². The maximum Gasteiger partial charge on any atom is 0.146 e. The number of methoxy groups -OCH3 is 1. The lowest BCUT2D eigenvalue weighted by molar-refractivity contribution is 0.303. The highest BCUT2D eigenvalue weighted by molar-refractivity contribution is 6.11. The van der Waals surface area contributed by atoms with Crippen molar-refractivity contribution < 1.29 is 4.74 Å². The van der Waals surface area contributed by atoms with E-state index in [4.69, 9.17) is 9.73 Å². The molecule has 0 fully saturated rings. The number of rotatable bonds is 8. The van der Waals surface area contributed by atoms with Gasteiger partial charge >= 0.3 is 0 Å². The lowest BCUT2D eigenvalue weighted by Crippen LogP contribution is -2.08. The Labute approximate surface area is 167 Å². The molecule has 28 heavy (non-hydrogen) atoms. The van der Waals surface area contributed by atoms with E-state index in [1.807, 2.05) is 24.4 Å². The third kappa shape index (κ3) is 4.01. The van der Waals surface area contributed by atoms with Crippen LogP contribution in [-0.4, -0.2) is 22.8 Å². The minimum atomic E-state index is 0.711. The van der Waals surface area contributed by atoms with Crippen molar-refractivity contribution in [1.82, 2.24) is 9.97 Å². The van der Waals surface area contributed by atoms with Gasteiger partial charge in [-0.05, 0) is 61.4 Å².